The summed E-state index contributed by atoms with van der Waals surface area (Å²) in [5, 5.41) is 9.93. The molecule has 3 aromatic heterocycles. The number of anilines is 1. The predicted octanol–water partition coefficient (Wildman–Crippen LogP) is 2.44. The van der Waals surface area contributed by atoms with Crippen molar-refractivity contribution in [3.63, 3.8) is 0 Å². The van der Waals surface area contributed by atoms with E-state index in [0.29, 0.717) is 13.1 Å². The van der Waals surface area contributed by atoms with E-state index in [1.165, 1.54) is 0 Å². The summed E-state index contributed by atoms with van der Waals surface area (Å²) in [6.07, 6.45) is 7.44. The molecule has 8 nitrogen and oxygen atoms in total. The molecule has 1 N–H and O–H groups in total. The van der Waals surface area contributed by atoms with Crippen LogP contribution in [0.2, 0.25) is 0 Å². The minimum absolute atomic E-state index is 0.124. The normalized spacial score (nSPS) is 16.5. The van der Waals surface area contributed by atoms with Gasteiger partial charge in [-0.2, -0.15) is 5.10 Å². The number of rotatable bonds is 5. The average Bonchev–Trinajstić information content (AvgIpc) is 3.42. The van der Waals surface area contributed by atoms with E-state index < -0.39 is 6.09 Å². The molecule has 1 saturated heterocycles. The van der Waals surface area contributed by atoms with Crippen LogP contribution in [-0.4, -0.2) is 45.0 Å². The standard InChI is InChI=1S/C18H20N6O2S/c1-23-11-14(10-22-23)16-13(3-2-5-19-16)9-21-18(25)26-15-4-7-24(12-15)17-20-6-8-27-17/h2-3,5-6,8,10-11,15H,4,7,9,12H2,1H3,(H,21,25). The molecule has 0 aromatic carbocycles. The van der Waals surface area contributed by atoms with Gasteiger partial charge in [0.15, 0.2) is 5.13 Å². The quantitative estimate of drug-likeness (QED) is 0.727. The lowest BCUT2D eigenvalue weighted by Crippen LogP contribution is -2.30. The first-order valence-electron chi connectivity index (χ1n) is 8.71. The summed E-state index contributed by atoms with van der Waals surface area (Å²) in [7, 11) is 1.86. The first-order chi connectivity index (χ1) is 13.2. The van der Waals surface area contributed by atoms with Crippen LogP contribution in [0.3, 0.4) is 0 Å². The molecule has 1 aliphatic rings. The topological polar surface area (TPSA) is 85.2 Å². The highest BCUT2D eigenvalue weighted by Crippen LogP contribution is 2.24. The van der Waals surface area contributed by atoms with Gasteiger partial charge in [-0.25, -0.2) is 9.78 Å². The molecular formula is C18H20N6O2S. The lowest BCUT2D eigenvalue weighted by atomic mass is 10.1. The number of amides is 1. The monoisotopic (exact) mass is 384 g/mol. The second kappa shape index (κ2) is 7.75. The number of pyridine rings is 1. The zero-order valence-electron chi connectivity index (χ0n) is 14.9. The Morgan fingerprint density at radius 1 is 1.41 bits per heavy atom. The maximum absolute atomic E-state index is 12.2. The van der Waals surface area contributed by atoms with E-state index >= 15 is 0 Å². The van der Waals surface area contributed by atoms with Crippen molar-refractivity contribution < 1.29 is 9.53 Å². The fraction of sp³-hybridized carbons (Fsp3) is 0.333. The fourth-order valence-electron chi connectivity index (χ4n) is 3.12. The van der Waals surface area contributed by atoms with Gasteiger partial charge in [-0.3, -0.25) is 9.67 Å². The second-order valence-corrected chi connectivity index (χ2v) is 7.22. The van der Waals surface area contributed by atoms with Crippen molar-refractivity contribution in [1.29, 1.82) is 0 Å². The Balaban J connectivity index is 1.33. The van der Waals surface area contributed by atoms with E-state index in [-0.39, 0.29) is 6.10 Å². The molecule has 0 saturated carbocycles. The van der Waals surface area contributed by atoms with Gasteiger partial charge in [0.05, 0.1) is 18.4 Å². The molecule has 1 unspecified atom stereocenters. The zero-order valence-corrected chi connectivity index (χ0v) is 15.7. The van der Waals surface area contributed by atoms with E-state index in [1.54, 1.807) is 34.6 Å². The van der Waals surface area contributed by atoms with Crippen molar-refractivity contribution in [3.05, 3.63) is 47.9 Å². The summed E-state index contributed by atoms with van der Waals surface area (Å²) >= 11 is 1.59. The largest absolute Gasteiger partial charge is 0.444 e. The maximum atomic E-state index is 12.2. The molecule has 1 aliphatic heterocycles. The van der Waals surface area contributed by atoms with Crippen LogP contribution in [0.5, 0.6) is 0 Å². The van der Waals surface area contributed by atoms with E-state index in [0.717, 1.165) is 34.9 Å². The molecule has 140 valence electrons. The Labute approximate surface area is 160 Å². The van der Waals surface area contributed by atoms with Crippen LogP contribution < -0.4 is 10.2 Å². The van der Waals surface area contributed by atoms with Gasteiger partial charge < -0.3 is 15.0 Å². The number of hydrogen-bond acceptors (Lipinski definition) is 7. The third-order valence-electron chi connectivity index (χ3n) is 4.40. The summed E-state index contributed by atoms with van der Waals surface area (Å²) in [5.41, 5.74) is 2.64. The van der Waals surface area contributed by atoms with Crippen molar-refractivity contribution in [2.45, 2.75) is 19.1 Å². The highest BCUT2D eigenvalue weighted by molar-refractivity contribution is 7.13. The molecule has 1 fully saturated rings. The molecule has 1 amide bonds. The molecule has 4 rings (SSSR count). The SMILES string of the molecule is Cn1cc(-c2ncccc2CNC(=O)OC2CCN(c3nccs3)C2)cn1. The number of nitrogens with zero attached hydrogens (tertiary/aromatic N) is 5. The van der Waals surface area contributed by atoms with Crippen molar-refractivity contribution in [3.8, 4) is 11.3 Å². The molecule has 0 bridgehead atoms. The molecule has 27 heavy (non-hydrogen) atoms. The third kappa shape index (κ3) is 4.08. The van der Waals surface area contributed by atoms with Gasteiger partial charge in [-0.15, -0.1) is 11.3 Å². The Morgan fingerprint density at radius 3 is 3.11 bits per heavy atom. The number of carbonyl (C=O) groups excluding carboxylic acids is 1. The second-order valence-electron chi connectivity index (χ2n) is 6.34. The minimum atomic E-state index is -0.415. The van der Waals surface area contributed by atoms with Crippen molar-refractivity contribution in [2.75, 3.05) is 18.0 Å². The highest BCUT2D eigenvalue weighted by Gasteiger charge is 2.27. The van der Waals surface area contributed by atoms with Gasteiger partial charge in [0, 0.05) is 56.1 Å². The molecule has 9 heteroatoms. The van der Waals surface area contributed by atoms with Crippen LogP contribution in [-0.2, 0) is 18.3 Å². The van der Waals surface area contributed by atoms with Gasteiger partial charge in [0.25, 0.3) is 0 Å². The number of aryl methyl sites for hydroxylation is 1. The van der Waals surface area contributed by atoms with E-state index in [2.05, 4.69) is 25.3 Å². The summed E-state index contributed by atoms with van der Waals surface area (Å²) in [4.78, 5) is 23.1. The van der Waals surface area contributed by atoms with E-state index in [4.69, 9.17) is 4.74 Å². The number of hydrogen-bond donors (Lipinski definition) is 1. The molecule has 0 aliphatic carbocycles. The third-order valence-corrected chi connectivity index (χ3v) is 5.23. The zero-order chi connectivity index (χ0) is 18.6. The number of nitrogens with one attached hydrogen (secondary N) is 1. The summed E-state index contributed by atoms with van der Waals surface area (Å²) in [5.74, 6) is 0. The van der Waals surface area contributed by atoms with Crippen molar-refractivity contribution in [2.24, 2.45) is 7.05 Å². The van der Waals surface area contributed by atoms with Crippen molar-refractivity contribution in [1.82, 2.24) is 25.1 Å². The van der Waals surface area contributed by atoms with Gasteiger partial charge >= 0.3 is 6.09 Å². The van der Waals surface area contributed by atoms with Gasteiger partial charge in [-0.1, -0.05) is 6.07 Å². The summed E-state index contributed by atoms with van der Waals surface area (Å²) in [6.45, 7) is 1.87. The summed E-state index contributed by atoms with van der Waals surface area (Å²) in [6, 6.07) is 3.79. The van der Waals surface area contributed by atoms with Gasteiger partial charge in [0.2, 0.25) is 0 Å². The minimum Gasteiger partial charge on any atom is -0.444 e. The molecule has 4 heterocycles. The first-order valence-corrected chi connectivity index (χ1v) is 9.59. The number of ether oxygens (including phenoxy) is 1. The van der Waals surface area contributed by atoms with Crippen LogP contribution in [0, 0.1) is 0 Å². The van der Waals surface area contributed by atoms with Crippen LogP contribution in [0.25, 0.3) is 11.3 Å². The predicted molar refractivity (Wildman–Crippen MR) is 102 cm³/mol. The number of thiazole rings is 1. The Hall–Kier alpha value is -2.94. The van der Waals surface area contributed by atoms with Gasteiger partial charge in [0.1, 0.15) is 6.10 Å². The van der Waals surface area contributed by atoms with Gasteiger partial charge in [-0.05, 0) is 11.6 Å². The Bertz CT molecular complexity index is 910. The smallest absolute Gasteiger partial charge is 0.407 e. The number of carbonyl (C=O) groups is 1. The lowest BCUT2D eigenvalue weighted by molar-refractivity contribution is 0.108. The molecular weight excluding hydrogens is 364 g/mol. The molecule has 0 radical (unpaired) electrons. The van der Waals surface area contributed by atoms with E-state index in [9.17, 15) is 4.79 Å². The number of aromatic nitrogens is 4. The van der Waals surface area contributed by atoms with Crippen LogP contribution in [0.1, 0.15) is 12.0 Å². The average molecular weight is 384 g/mol. The Morgan fingerprint density at radius 2 is 2.33 bits per heavy atom. The van der Waals surface area contributed by atoms with E-state index in [1.807, 2.05) is 30.8 Å². The molecule has 3 aromatic rings. The fourth-order valence-corrected chi connectivity index (χ4v) is 3.80. The number of alkyl carbamates (subject to hydrolysis) is 1. The molecule has 1 atom stereocenters. The lowest BCUT2D eigenvalue weighted by Gasteiger charge is -2.15. The highest BCUT2D eigenvalue weighted by atomic mass is 32.1. The van der Waals surface area contributed by atoms with Crippen LogP contribution in [0.15, 0.2) is 42.3 Å². The molecule has 0 spiro atoms. The van der Waals surface area contributed by atoms with Crippen LogP contribution >= 0.6 is 11.3 Å². The Kier molecular flexibility index (Phi) is 5.01. The first kappa shape index (κ1) is 17.5. The van der Waals surface area contributed by atoms with Crippen molar-refractivity contribution >= 4 is 22.6 Å². The summed E-state index contributed by atoms with van der Waals surface area (Å²) < 4.78 is 7.29. The maximum Gasteiger partial charge on any atom is 0.407 e. The van der Waals surface area contributed by atoms with Crippen LogP contribution in [0.4, 0.5) is 9.93 Å².